The van der Waals surface area contributed by atoms with E-state index in [2.05, 4.69) is 11.7 Å². The molecule has 1 aliphatic rings. The van der Waals surface area contributed by atoms with Gasteiger partial charge < -0.3 is 4.74 Å². The summed E-state index contributed by atoms with van der Waals surface area (Å²) in [4.78, 5) is 24.3. The summed E-state index contributed by atoms with van der Waals surface area (Å²) in [6, 6.07) is 9.33. The summed E-state index contributed by atoms with van der Waals surface area (Å²) in [5.41, 5.74) is 0.766. The van der Waals surface area contributed by atoms with E-state index in [1.165, 1.54) is 0 Å². The molecule has 0 atom stereocenters. The van der Waals surface area contributed by atoms with Gasteiger partial charge in [0.15, 0.2) is 0 Å². The van der Waals surface area contributed by atoms with Gasteiger partial charge in [0.05, 0.1) is 11.1 Å². The molecule has 0 saturated carbocycles. The van der Waals surface area contributed by atoms with Crippen molar-refractivity contribution in [2.45, 2.75) is 11.8 Å². The van der Waals surface area contributed by atoms with E-state index in [9.17, 15) is 9.59 Å². The zero-order chi connectivity index (χ0) is 12.7. The van der Waals surface area contributed by atoms with Crippen molar-refractivity contribution in [1.29, 1.82) is 0 Å². The third kappa shape index (κ3) is 1.53. The highest BCUT2D eigenvalue weighted by Gasteiger charge is 2.31. The molecular formula is C14H10O3S. The quantitative estimate of drug-likeness (QED) is 0.471. The Morgan fingerprint density at radius 3 is 2.67 bits per heavy atom. The van der Waals surface area contributed by atoms with Crippen LogP contribution in [0, 0.1) is 0 Å². The molecule has 1 aliphatic heterocycles. The number of cyclic esters (lactones) is 2. The van der Waals surface area contributed by atoms with Crippen LogP contribution in [0.15, 0.2) is 35.2 Å². The number of benzene rings is 2. The van der Waals surface area contributed by atoms with E-state index < -0.39 is 11.9 Å². The third-order valence-corrected chi connectivity index (χ3v) is 3.89. The maximum absolute atomic E-state index is 11.7. The zero-order valence-electron chi connectivity index (χ0n) is 9.73. The standard InChI is InChI=1S/C14H10O3S/c1-2-18-11-5-3-4-9-8(11)6-7-10-12(9)14(16)17-13(10)15/h3-7H,2H2,1H3. The summed E-state index contributed by atoms with van der Waals surface area (Å²) in [6.07, 6.45) is 0. The molecule has 0 saturated heterocycles. The van der Waals surface area contributed by atoms with E-state index in [0.717, 1.165) is 21.4 Å². The lowest BCUT2D eigenvalue weighted by Gasteiger charge is -2.06. The minimum Gasteiger partial charge on any atom is -0.386 e. The zero-order valence-corrected chi connectivity index (χ0v) is 10.5. The van der Waals surface area contributed by atoms with Gasteiger partial charge in [-0.3, -0.25) is 0 Å². The molecule has 0 bridgehead atoms. The minimum atomic E-state index is -0.551. The van der Waals surface area contributed by atoms with Crippen LogP contribution in [-0.2, 0) is 4.74 Å². The first-order chi connectivity index (χ1) is 8.72. The van der Waals surface area contributed by atoms with Gasteiger partial charge in [-0.25, -0.2) is 9.59 Å². The molecule has 3 nitrogen and oxygen atoms in total. The maximum atomic E-state index is 11.7. The average molecular weight is 258 g/mol. The smallest absolute Gasteiger partial charge is 0.347 e. The largest absolute Gasteiger partial charge is 0.386 e. The van der Waals surface area contributed by atoms with E-state index in [0.29, 0.717) is 11.1 Å². The molecule has 0 amide bonds. The first-order valence-corrected chi connectivity index (χ1v) is 6.66. The fourth-order valence-electron chi connectivity index (χ4n) is 2.19. The Morgan fingerprint density at radius 2 is 1.89 bits per heavy atom. The third-order valence-electron chi connectivity index (χ3n) is 2.93. The van der Waals surface area contributed by atoms with E-state index in [1.54, 1.807) is 17.8 Å². The second-order valence-electron chi connectivity index (χ2n) is 3.95. The molecule has 0 spiro atoms. The molecule has 0 aromatic heterocycles. The van der Waals surface area contributed by atoms with Gasteiger partial charge in [0.25, 0.3) is 0 Å². The number of ether oxygens (including phenoxy) is 1. The Kier molecular flexibility index (Phi) is 2.59. The first-order valence-electron chi connectivity index (χ1n) is 5.67. The molecule has 1 heterocycles. The summed E-state index contributed by atoms with van der Waals surface area (Å²) in [7, 11) is 0. The minimum absolute atomic E-state index is 0.367. The number of esters is 2. The molecule has 2 aromatic rings. The van der Waals surface area contributed by atoms with Crippen LogP contribution >= 0.6 is 11.8 Å². The van der Waals surface area contributed by atoms with Crippen molar-refractivity contribution in [3.8, 4) is 0 Å². The van der Waals surface area contributed by atoms with Crippen molar-refractivity contribution < 1.29 is 14.3 Å². The molecule has 3 rings (SSSR count). The van der Waals surface area contributed by atoms with Gasteiger partial charge in [0.1, 0.15) is 0 Å². The van der Waals surface area contributed by atoms with Gasteiger partial charge in [-0.05, 0) is 28.7 Å². The van der Waals surface area contributed by atoms with Gasteiger partial charge >= 0.3 is 11.9 Å². The van der Waals surface area contributed by atoms with Crippen molar-refractivity contribution >= 4 is 34.5 Å². The second kappa shape index (κ2) is 4.14. The number of carbonyl (C=O) groups is 2. The van der Waals surface area contributed by atoms with Crippen molar-refractivity contribution in [3.05, 3.63) is 41.5 Å². The van der Waals surface area contributed by atoms with Gasteiger partial charge in [-0.1, -0.05) is 25.1 Å². The molecule has 18 heavy (non-hydrogen) atoms. The average Bonchev–Trinajstić information content (AvgIpc) is 2.66. The van der Waals surface area contributed by atoms with Gasteiger partial charge in [-0.2, -0.15) is 0 Å². The van der Waals surface area contributed by atoms with Gasteiger partial charge in [0, 0.05) is 4.90 Å². The molecule has 4 heteroatoms. The Hall–Kier alpha value is -1.81. The number of hydrogen-bond acceptors (Lipinski definition) is 4. The van der Waals surface area contributed by atoms with Gasteiger partial charge in [-0.15, -0.1) is 11.8 Å². The van der Waals surface area contributed by atoms with E-state index in [1.807, 2.05) is 24.3 Å². The summed E-state index contributed by atoms with van der Waals surface area (Å²) < 4.78 is 4.65. The number of fused-ring (bicyclic) bond motifs is 3. The summed E-state index contributed by atoms with van der Waals surface area (Å²) in [5, 5.41) is 1.79. The highest BCUT2D eigenvalue weighted by molar-refractivity contribution is 7.99. The topological polar surface area (TPSA) is 43.4 Å². The van der Waals surface area contributed by atoms with Crippen molar-refractivity contribution in [1.82, 2.24) is 0 Å². The Balaban J connectivity index is 2.34. The molecule has 0 radical (unpaired) electrons. The lowest BCUT2D eigenvalue weighted by atomic mass is 10.0. The molecule has 2 aromatic carbocycles. The van der Waals surface area contributed by atoms with Crippen molar-refractivity contribution in [2.75, 3.05) is 5.75 Å². The molecular weight excluding hydrogens is 248 g/mol. The molecule has 0 N–H and O–H groups in total. The number of carbonyl (C=O) groups excluding carboxylic acids is 2. The van der Waals surface area contributed by atoms with Crippen LogP contribution in [-0.4, -0.2) is 17.7 Å². The SMILES string of the molecule is CCSc1cccc2c3c(ccc12)C(=O)OC3=O. The maximum Gasteiger partial charge on any atom is 0.347 e. The Bertz CT molecular complexity index is 676. The highest BCUT2D eigenvalue weighted by atomic mass is 32.2. The lowest BCUT2D eigenvalue weighted by Crippen LogP contribution is -1.97. The summed E-state index contributed by atoms with van der Waals surface area (Å²) in [5.74, 6) is -0.135. The number of hydrogen-bond donors (Lipinski definition) is 0. The predicted octanol–water partition coefficient (Wildman–Crippen LogP) is 3.26. The van der Waals surface area contributed by atoms with Crippen LogP contribution < -0.4 is 0 Å². The monoisotopic (exact) mass is 258 g/mol. The van der Waals surface area contributed by atoms with Crippen LogP contribution in [0.5, 0.6) is 0 Å². The fraction of sp³-hybridized carbons (Fsp3) is 0.143. The van der Waals surface area contributed by atoms with E-state index in [-0.39, 0.29) is 0 Å². The lowest BCUT2D eigenvalue weighted by molar-refractivity contribution is 0.0444. The molecule has 0 aliphatic carbocycles. The van der Waals surface area contributed by atoms with Crippen LogP contribution in [0.2, 0.25) is 0 Å². The van der Waals surface area contributed by atoms with Gasteiger partial charge in [0.2, 0.25) is 0 Å². The summed E-state index contributed by atoms with van der Waals surface area (Å²) in [6.45, 7) is 2.08. The first kappa shape index (κ1) is 11.3. The van der Waals surface area contributed by atoms with Crippen molar-refractivity contribution in [3.63, 3.8) is 0 Å². The predicted molar refractivity (Wildman–Crippen MR) is 70.1 cm³/mol. The van der Waals surface area contributed by atoms with Crippen LogP contribution in [0.1, 0.15) is 27.6 Å². The normalized spacial score (nSPS) is 13.8. The molecule has 0 unspecified atom stereocenters. The van der Waals surface area contributed by atoms with Crippen LogP contribution in [0.3, 0.4) is 0 Å². The van der Waals surface area contributed by atoms with Crippen LogP contribution in [0.25, 0.3) is 10.8 Å². The number of thioether (sulfide) groups is 1. The second-order valence-corrected chi connectivity index (χ2v) is 5.26. The molecule has 0 fully saturated rings. The van der Waals surface area contributed by atoms with E-state index in [4.69, 9.17) is 0 Å². The van der Waals surface area contributed by atoms with Crippen molar-refractivity contribution in [2.24, 2.45) is 0 Å². The fourth-order valence-corrected chi connectivity index (χ4v) is 3.01. The molecule has 90 valence electrons. The van der Waals surface area contributed by atoms with Crippen LogP contribution in [0.4, 0.5) is 0 Å². The highest BCUT2D eigenvalue weighted by Crippen LogP contribution is 2.34. The Morgan fingerprint density at radius 1 is 1.06 bits per heavy atom. The Labute approximate surface area is 108 Å². The number of rotatable bonds is 2. The summed E-state index contributed by atoms with van der Waals surface area (Å²) >= 11 is 1.72. The van der Waals surface area contributed by atoms with E-state index >= 15 is 0 Å².